The summed E-state index contributed by atoms with van der Waals surface area (Å²) in [5, 5.41) is 4.34. The summed E-state index contributed by atoms with van der Waals surface area (Å²) in [4.78, 5) is 12.0. The van der Waals surface area contributed by atoms with Gasteiger partial charge in [0.2, 0.25) is 0 Å². The quantitative estimate of drug-likeness (QED) is 0.633. The Morgan fingerprint density at radius 2 is 2.26 bits per heavy atom. The molecule has 1 heterocycles. The Labute approximate surface area is 121 Å². The van der Waals surface area contributed by atoms with Crippen LogP contribution in [0.1, 0.15) is 28.5 Å². The number of aromatic nitrogens is 2. The summed E-state index contributed by atoms with van der Waals surface area (Å²) in [5.41, 5.74) is 2.54. The van der Waals surface area contributed by atoms with Gasteiger partial charge in [-0.2, -0.15) is 5.10 Å². The number of halogens is 1. The van der Waals surface area contributed by atoms with E-state index in [1.54, 1.807) is 12.2 Å². The van der Waals surface area contributed by atoms with Gasteiger partial charge in [0.05, 0.1) is 10.2 Å². The van der Waals surface area contributed by atoms with E-state index >= 15 is 0 Å². The molecule has 98 valence electrons. The van der Waals surface area contributed by atoms with Crippen LogP contribution in [0.3, 0.4) is 0 Å². The molecule has 0 saturated carbocycles. The van der Waals surface area contributed by atoms with Crippen molar-refractivity contribution in [2.24, 2.45) is 0 Å². The van der Waals surface area contributed by atoms with Crippen molar-refractivity contribution >= 4 is 27.8 Å². The number of rotatable bonds is 4. The average Bonchev–Trinajstić information content (AvgIpc) is 2.76. The van der Waals surface area contributed by atoms with Crippen molar-refractivity contribution in [3.8, 4) is 0 Å². The number of carbonyl (C=O) groups is 1. The average molecular weight is 319 g/mol. The van der Waals surface area contributed by atoms with Crippen LogP contribution in [0.15, 0.2) is 41.0 Å². The fraction of sp³-hybridized carbons (Fsp3) is 0.200. The van der Waals surface area contributed by atoms with E-state index in [0.717, 1.165) is 22.3 Å². The van der Waals surface area contributed by atoms with Crippen molar-refractivity contribution in [2.45, 2.75) is 20.4 Å². The minimum absolute atomic E-state index is 0.0124. The Hall–Kier alpha value is -1.68. The standard InChI is InChI=1S/C15H15BrN2O/c1-3-18-10-13(16)14(17-18)7-8-15(19)12-6-4-5-11(2)9-12/h4-10H,3H2,1-2H3/b8-7+. The molecule has 0 aliphatic rings. The fourth-order valence-corrected chi connectivity index (χ4v) is 2.18. The van der Waals surface area contributed by atoms with Gasteiger partial charge in [0, 0.05) is 18.3 Å². The van der Waals surface area contributed by atoms with Gasteiger partial charge < -0.3 is 0 Å². The Kier molecular flexibility index (Phi) is 4.32. The van der Waals surface area contributed by atoms with E-state index in [0.29, 0.717) is 5.56 Å². The van der Waals surface area contributed by atoms with E-state index in [1.807, 2.05) is 49.0 Å². The smallest absolute Gasteiger partial charge is 0.185 e. The normalized spacial score (nSPS) is 11.1. The molecule has 0 bridgehead atoms. The van der Waals surface area contributed by atoms with E-state index in [2.05, 4.69) is 21.0 Å². The molecule has 0 atom stereocenters. The first kappa shape index (κ1) is 13.7. The minimum Gasteiger partial charge on any atom is -0.289 e. The number of allylic oxidation sites excluding steroid dienone is 1. The van der Waals surface area contributed by atoms with Gasteiger partial charge in [-0.05, 0) is 48.0 Å². The van der Waals surface area contributed by atoms with Gasteiger partial charge in [0.1, 0.15) is 0 Å². The summed E-state index contributed by atoms with van der Waals surface area (Å²) in [6.45, 7) is 4.79. The molecule has 0 amide bonds. The molecular weight excluding hydrogens is 304 g/mol. The van der Waals surface area contributed by atoms with E-state index in [4.69, 9.17) is 0 Å². The molecule has 0 aliphatic carbocycles. The summed E-state index contributed by atoms with van der Waals surface area (Å²) in [6, 6.07) is 7.56. The molecule has 0 unspecified atom stereocenters. The molecule has 0 spiro atoms. The number of nitrogens with zero attached hydrogens (tertiary/aromatic N) is 2. The molecule has 3 nitrogen and oxygen atoms in total. The van der Waals surface area contributed by atoms with Crippen molar-refractivity contribution in [1.29, 1.82) is 0 Å². The van der Waals surface area contributed by atoms with Crippen LogP contribution in [0, 0.1) is 6.92 Å². The van der Waals surface area contributed by atoms with E-state index < -0.39 is 0 Å². The van der Waals surface area contributed by atoms with Crippen molar-refractivity contribution in [2.75, 3.05) is 0 Å². The lowest BCUT2D eigenvalue weighted by Crippen LogP contribution is -1.95. The number of benzene rings is 1. The van der Waals surface area contributed by atoms with Gasteiger partial charge >= 0.3 is 0 Å². The molecule has 0 aliphatic heterocycles. The van der Waals surface area contributed by atoms with E-state index in [1.165, 1.54) is 0 Å². The third-order valence-electron chi connectivity index (χ3n) is 2.76. The Bertz CT molecular complexity index is 629. The highest BCUT2D eigenvalue weighted by atomic mass is 79.9. The summed E-state index contributed by atoms with van der Waals surface area (Å²) in [5.74, 6) is -0.0124. The second-order valence-corrected chi connectivity index (χ2v) is 5.14. The number of ketones is 1. The molecule has 4 heteroatoms. The van der Waals surface area contributed by atoms with Gasteiger partial charge in [0.15, 0.2) is 5.78 Å². The first-order valence-corrected chi connectivity index (χ1v) is 6.91. The zero-order valence-corrected chi connectivity index (χ0v) is 12.5. The maximum absolute atomic E-state index is 12.0. The van der Waals surface area contributed by atoms with Crippen molar-refractivity contribution < 1.29 is 4.79 Å². The molecular formula is C15H15BrN2O. The minimum atomic E-state index is -0.0124. The topological polar surface area (TPSA) is 34.9 Å². The number of aryl methyl sites for hydroxylation is 2. The summed E-state index contributed by atoms with van der Waals surface area (Å²) in [6.07, 6.45) is 5.19. The van der Waals surface area contributed by atoms with Crippen molar-refractivity contribution in [3.63, 3.8) is 0 Å². The summed E-state index contributed by atoms with van der Waals surface area (Å²) in [7, 11) is 0. The predicted octanol–water partition coefficient (Wildman–Crippen LogP) is 3.87. The third kappa shape index (κ3) is 3.41. The molecule has 0 saturated heterocycles. The Morgan fingerprint density at radius 1 is 1.47 bits per heavy atom. The first-order chi connectivity index (χ1) is 9.10. The van der Waals surface area contributed by atoms with Crippen LogP contribution < -0.4 is 0 Å². The second kappa shape index (κ2) is 5.97. The van der Waals surface area contributed by atoms with E-state index in [9.17, 15) is 4.79 Å². The second-order valence-electron chi connectivity index (χ2n) is 4.29. The molecule has 2 aromatic rings. The molecule has 2 rings (SSSR count). The van der Waals surface area contributed by atoms with Crippen LogP contribution in [0.25, 0.3) is 6.08 Å². The highest BCUT2D eigenvalue weighted by Crippen LogP contribution is 2.16. The number of hydrogen-bond donors (Lipinski definition) is 0. The van der Waals surface area contributed by atoms with Crippen molar-refractivity contribution in [1.82, 2.24) is 9.78 Å². The number of carbonyl (C=O) groups excluding carboxylic acids is 1. The maximum Gasteiger partial charge on any atom is 0.185 e. The highest BCUT2D eigenvalue weighted by Gasteiger charge is 2.05. The first-order valence-electron chi connectivity index (χ1n) is 6.12. The SMILES string of the molecule is CCn1cc(Br)c(/C=C/C(=O)c2cccc(C)c2)n1. The zero-order chi connectivity index (χ0) is 13.8. The Balaban J connectivity index is 2.18. The van der Waals surface area contributed by atoms with Crippen LogP contribution in [0.2, 0.25) is 0 Å². The van der Waals surface area contributed by atoms with Gasteiger partial charge in [-0.25, -0.2) is 0 Å². The Morgan fingerprint density at radius 3 is 2.89 bits per heavy atom. The van der Waals surface area contributed by atoms with Crippen LogP contribution in [-0.4, -0.2) is 15.6 Å². The molecule has 1 aromatic heterocycles. The molecule has 0 N–H and O–H groups in total. The number of hydrogen-bond acceptors (Lipinski definition) is 2. The lowest BCUT2D eigenvalue weighted by Gasteiger charge is -1.97. The third-order valence-corrected chi connectivity index (χ3v) is 3.37. The van der Waals surface area contributed by atoms with Gasteiger partial charge in [-0.3, -0.25) is 9.48 Å². The zero-order valence-electron chi connectivity index (χ0n) is 10.9. The molecule has 0 fully saturated rings. The predicted molar refractivity (Wildman–Crippen MR) is 80.1 cm³/mol. The van der Waals surface area contributed by atoms with Crippen molar-refractivity contribution in [3.05, 3.63) is 57.8 Å². The lowest BCUT2D eigenvalue weighted by atomic mass is 10.1. The largest absolute Gasteiger partial charge is 0.289 e. The van der Waals surface area contributed by atoms with Gasteiger partial charge in [-0.15, -0.1) is 0 Å². The van der Waals surface area contributed by atoms with Crippen LogP contribution in [-0.2, 0) is 6.54 Å². The van der Waals surface area contributed by atoms with Crippen LogP contribution in [0.4, 0.5) is 0 Å². The molecule has 19 heavy (non-hydrogen) atoms. The lowest BCUT2D eigenvalue weighted by molar-refractivity contribution is 0.104. The van der Waals surface area contributed by atoms with Crippen LogP contribution >= 0.6 is 15.9 Å². The summed E-state index contributed by atoms with van der Waals surface area (Å²) < 4.78 is 2.71. The fourth-order valence-electron chi connectivity index (χ4n) is 1.74. The summed E-state index contributed by atoms with van der Waals surface area (Å²) >= 11 is 3.43. The van der Waals surface area contributed by atoms with Crippen LogP contribution in [0.5, 0.6) is 0 Å². The van der Waals surface area contributed by atoms with Gasteiger partial charge in [0.25, 0.3) is 0 Å². The highest BCUT2D eigenvalue weighted by molar-refractivity contribution is 9.10. The van der Waals surface area contributed by atoms with Gasteiger partial charge in [-0.1, -0.05) is 23.8 Å². The van der Waals surface area contributed by atoms with E-state index in [-0.39, 0.29) is 5.78 Å². The molecule has 1 aromatic carbocycles. The molecule has 0 radical (unpaired) electrons. The monoisotopic (exact) mass is 318 g/mol. The maximum atomic E-state index is 12.0.